The maximum atomic E-state index is 13.0. The molecule has 0 aliphatic carbocycles. The molecule has 1 aromatic carbocycles. The molecule has 1 aromatic rings. The average molecular weight is 395 g/mol. The zero-order chi connectivity index (χ0) is 20.4. The summed E-state index contributed by atoms with van der Waals surface area (Å²) in [6.07, 6.45) is -0.533. The number of rotatable bonds is 6. The summed E-state index contributed by atoms with van der Waals surface area (Å²) < 4.78 is 36.1. The van der Waals surface area contributed by atoms with Crippen molar-refractivity contribution < 1.29 is 32.3 Å². The second-order valence-electron chi connectivity index (χ2n) is 5.98. The van der Waals surface area contributed by atoms with Crippen molar-refractivity contribution in [3.63, 3.8) is 0 Å². The summed E-state index contributed by atoms with van der Waals surface area (Å²) in [6.45, 7) is 8.19. The van der Waals surface area contributed by atoms with Crippen LogP contribution in [0.1, 0.15) is 25.8 Å². The van der Waals surface area contributed by atoms with Crippen LogP contribution in [-0.2, 0) is 33.9 Å². The first-order valence-corrected chi connectivity index (χ1v) is 9.75. The predicted molar refractivity (Wildman–Crippen MR) is 94.7 cm³/mol. The van der Waals surface area contributed by atoms with Crippen LogP contribution in [0.3, 0.4) is 0 Å². The largest absolute Gasteiger partial charge is 0.465 e. The second-order valence-corrected chi connectivity index (χ2v) is 7.76. The highest BCUT2D eigenvalue weighted by molar-refractivity contribution is 7.89. The average Bonchev–Trinajstić information content (AvgIpc) is 2.88. The molecule has 0 aromatic heterocycles. The molecule has 9 heteroatoms. The van der Waals surface area contributed by atoms with E-state index >= 15 is 0 Å². The molecule has 146 valence electrons. The van der Waals surface area contributed by atoms with E-state index in [2.05, 4.69) is 6.58 Å². The minimum atomic E-state index is -4.35. The van der Waals surface area contributed by atoms with E-state index in [1.807, 2.05) is 0 Å². The smallest absolute Gasteiger partial charge is 0.333 e. The third kappa shape index (κ3) is 3.34. The third-order valence-electron chi connectivity index (χ3n) is 4.11. The van der Waals surface area contributed by atoms with Gasteiger partial charge in [0.1, 0.15) is 0 Å². The number of hydrogen-bond donors (Lipinski definition) is 0. The van der Waals surface area contributed by atoms with Gasteiger partial charge in [0.25, 0.3) is 15.9 Å². The van der Waals surface area contributed by atoms with Crippen LogP contribution in [0, 0.1) is 12.3 Å². The van der Waals surface area contributed by atoms with Crippen molar-refractivity contribution in [2.45, 2.75) is 32.1 Å². The van der Waals surface area contributed by atoms with Crippen LogP contribution in [-0.4, -0.2) is 43.8 Å². The van der Waals surface area contributed by atoms with Crippen molar-refractivity contribution in [3.8, 4) is 0 Å². The zero-order valence-electron chi connectivity index (χ0n) is 15.4. The van der Waals surface area contributed by atoms with Gasteiger partial charge in [-0.2, -0.15) is 0 Å². The Hall–Kier alpha value is -2.68. The van der Waals surface area contributed by atoms with Gasteiger partial charge in [-0.1, -0.05) is 24.3 Å². The molecule has 0 N–H and O–H groups in total. The molecule has 0 saturated carbocycles. The molecule has 1 amide bonds. The lowest BCUT2D eigenvalue weighted by molar-refractivity contribution is -0.174. The Morgan fingerprint density at radius 1 is 1.11 bits per heavy atom. The van der Waals surface area contributed by atoms with Gasteiger partial charge in [0.2, 0.25) is 5.41 Å². The van der Waals surface area contributed by atoms with Crippen molar-refractivity contribution in [2.75, 3.05) is 13.2 Å². The molecule has 1 aliphatic rings. The van der Waals surface area contributed by atoms with E-state index < -0.39 is 39.7 Å². The van der Waals surface area contributed by atoms with Gasteiger partial charge in [-0.15, -0.1) is 0 Å². The molecule has 0 spiro atoms. The molecule has 0 radical (unpaired) electrons. The highest BCUT2D eigenvalue weighted by Crippen LogP contribution is 2.43. The summed E-state index contributed by atoms with van der Waals surface area (Å²) >= 11 is 0. The van der Waals surface area contributed by atoms with Gasteiger partial charge in [0.05, 0.1) is 18.1 Å². The van der Waals surface area contributed by atoms with E-state index in [0.29, 0.717) is 4.31 Å². The molecule has 8 nitrogen and oxygen atoms in total. The monoisotopic (exact) mass is 395 g/mol. The lowest BCUT2D eigenvalue weighted by Crippen LogP contribution is -2.49. The topological polar surface area (TPSA) is 107 Å². The van der Waals surface area contributed by atoms with Crippen LogP contribution in [0.25, 0.3) is 0 Å². The Labute approximate surface area is 157 Å². The summed E-state index contributed by atoms with van der Waals surface area (Å²) in [5, 5.41) is 0. The fourth-order valence-corrected chi connectivity index (χ4v) is 4.25. The molecule has 1 saturated heterocycles. The summed E-state index contributed by atoms with van der Waals surface area (Å²) in [6, 6.07) is 5.81. The number of carbonyl (C=O) groups is 3. The van der Waals surface area contributed by atoms with Crippen molar-refractivity contribution in [1.29, 1.82) is 0 Å². The lowest BCUT2D eigenvalue weighted by Gasteiger charge is -2.23. The van der Waals surface area contributed by atoms with E-state index in [9.17, 15) is 22.8 Å². The maximum absolute atomic E-state index is 13.0. The van der Waals surface area contributed by atoms with Crippen molar-refractivity contribution in [1.82, 2.24) is 4.31 Å². The standard InChI is InChI=1S/C18H21NO7S/c1-5-25-16(21)18(17(22)26-6-2)11-13(4)19(15(18)20)27(23,24)14-9-7-12(3)8-10-14/h7-10H,4-6,11H2,1-3H3. The normalized spacial score (nSPS) is 16.3. The number of benzene rings is 1. The fourth-order valence-electron chi connectivity index (χ4n) is 2.78. The van der Waals surface area contributed by atoms with Gasteiger partial charge >= 0.3 is 11.9 Å². The van der Waals surface area contributed by atoms with Crippen LogP contribution in [0.4, 0.5) is 0 Å². The predicted octanol–water partition coefficient (Wildman–Crippen LogP) is 1.54. The van der Waals surface area contributed by atoms with Crippen LogP contribution in [0.2, 0.25) is 0 Å². The Morgan fingerprint density at radius 3 is 2.04 bits per heavy atom. The molecule has 0 atom stereocenters. The van der Waals surface area contributed by atoms with Crippen molar-refractivity contribution in [3.05, 3.63) is 42.1 Å². The van der Waals surface area contributed by atoms with E-state index in [4.69, 9.17) is 9.47 Å². The van der Waals surface area contributed by atoms with Gasteiger partial charge in [0.15, 0.2) is 0 Å². The molecule has 0 unspecified atom stereocenters. The molecule has 1 heterocycles. The van der Waals surface area contributed by atoms with Gasteiger partial charge in [0, 0.05) is 12.1 Å². The van der Waals surface area contributed by atoms with Crippen molar-refractivity contribution >= 4 is 27.9 Å². The summed E-state index contributed by atoms with van der Waals surface area (Å²) in [4.78, 5) is 37.9. The van der Waals surface area contributed by atoms with Crippen LogP contribution in [0.5, 0.6) is 0 Å². The Morgan fingerprint density at radius 2 is 1.59 bits per heavy atom. The first kappa shape index (κ1) is 20.6. The Balaban J connectivity index is 2.56. The van der Waals surface area contributed by atoms with Gasteiger partial charge in [-0.05, 0) is 32.9 Å². The number of carbonyl (C=O) groups excluding carboxylic acids is 3. The number of allylic oxidation sites excluding steroid dienone is 1. The van der Waals surface area contributed by atoms with Crippen LogP contribution < -0.4 is 0 Å². The van der Waals surface area contributed by atoms with Crippen LogP contribution >= 0.6 is 0 Å². The van der Waals surface area contributed by atoms with Gasteiger partial charge in [-0.3, -0.25) is 14.4 Å². The van der Waals surface area contributed by atoms with E-state index in [0.717, 1.165) is 5.56 Å². The molecular weight excluding hydrogens is 374 g/mol. The first-order valence-electron chi connectivity index (χ1n) is 8.31. The quantitative estimate of drug-likeness (QED) is 0.531. The number of esters is 2. The van der Waals surface area contributed by atoms with Crippen molar-refractivity contribution in [2.24, 2.45) is 5.41 Å². The molecule has 2 rings (SSSR count). The molecular formula is C18H21NO7S. The maximum Gasteiger partial charge on any atom is 0.333 e. The minimum Gasteiger partial charge on any atom is -0.465 e. The van der Waals surface area contributed by atoms with Crippen LogP contribution in [0.15, 0.2) is 41.4 Å². The summed E-state index contributed by atoms with van der Waals surface area (Å²) in [5.41, 5.74) is -1.80. The summed E-state index contributed by atoms with van der Waals surface area (Å²) in [7, 11) is -4.35. The number of sulfonamides is 1. The number of hydrogen-bond acceptors (Lipinski definition) is 7. The highest BCUT2D eigenvalue weighted by Gasteiger charge is 2.65. The molecule has 0 bridgehead atoms. The van der Waals surface area contributed by atoms with E-state index in [1.54, 1.807) is 19.1 Å². The lowest BCUT2D eigenvalue weighted by atomic mass is 9.86. The third-order valence-corrected chi connectivity index (χ3v) is 5.89. The number of amides is 1. The minimum absolute atomic E-state index is 0.0928. The SMILES string of the molecule is C=C1CC(C(=O)OCC)(C(=O)OCC)C(=O)N1S(=O)(=O)c1ccc(C)cc1. The summed E-state index contributed by atoms with van der Waals surface area (Å²) in [5.74, 6) is -3.56. The fraction of sp³-hybridized carbons (Fsp3) is 0.389. The highest BCUT2D eigenvalue weighted by atomic mass is 32.2. The zero-order valence-corrected chi connectivity index (χ0v) is 16.2. The first-order chi connectivity index (χ1) is 12.6. The number of nitrogens with zero attached hydrogens (tertiary/aromatic N) is 1. The Kier molecular flexibility index (Phi) is 5.74. The molecule has 27 heavy (non-hydrogen) atoms. The van der Waals surface area contributed by atoms with Gasteiger partial charge in [-0.25, -0.2) is 12.7 Å². The van der Waals surface area contributed by atoms with E-state index in [-0.39, 0.29) is 23.8 Å². The molecule has 1 fully saturated rings. The Bertz CT molecular complexity index is 869. The second kappa shape index (κ2) is 7.51. The number of ether oxygens (including phenoxy) is 2. The number of aryl methyl sites for hydroxylation is 1. The van der Waals surface area contributed by atoms with E-state index in [1.165, 1.54) is 26.0 Å². The van der Waals surface area contributed by atoms with Gasteiger partial charge < -0.3 is 9.47 Å². The molecule has 1 aliphatic heterocycles.